The molecule has 28 heavy (non-hydrogen) atoms. The van der Waals surface area contributed by atoms with Crippen molar-refractivity contribution in [2.75, 3.05) is 32.7 Å². The second-order valence-corrected chi connectivity index (χ2v) is 9.10. The maximum absolute atomic E-state index is 12.7. The van der Waals surface area contributed by atoms with Crippen molar-refractivity contribution in [2.24, 2.45) is 7.05 Å². The molecular formula is C17H24N6O3S2. The van der Waals surface area contributed by atoms with E-state index in [1.54, 1.807) is 35.9 Å². The summed E-state index contributed by atoms with van der Waals surface area (Å²) in [7, 11) is -1.72. The Balaban J connectivity index is 1.49. The minimum Gasteiger partial charge on any atom is -0.348 e. The Hall–Kier alpha value is -2.08. The maximum Gasteiger partial charge on any atom is 0.243 e. The van der Waals surface area contributed by atoms with E-state index in [9.17, 15) is 13.2 Å². The fourth-order valence-electron chi connectivity index (χ4n) is 2.96. The highest BCUT2D eigenvalue weighted by Gasteiger charge is 2.28. The van der Waals surface area contributed by atoms with Crippen molar-refractivity contribution in [1.82, 2.24) is 29.3 Å². The highest BCUT2D eigenvalue weighted by molar-refractivity contribution is 7.89. The average molecular weight is 425 g/mol. The summed E-state index contributed by atoms with van der Waals surface area (Å²) in [6, 6.07) is 6.85. The van der Waals surface area contributed by atoms with E-state index in [-0.39, 0.29) is 19.0 Å². The Morgan fingerprint density at radius 1 is 1.21 bits per heavy atom. The first-order valence-corrected chi connectivity index (χ1v) is 10.8. The Morgan fingerprint density at radius 2 is 1.86 bits per heavy atom. The standard InChI is InChI=1S/C17H24N6O3S2/c1-13-3-5-14(6-4-13)28(25,26)23-9-7-22(8-10-23)12-16(24)18-11-15-19-20-17(27)21(15)2/h3-6H,7-12H2,1-2H3,(H,18,24)(H,20,27). The highest BCUT2D eigenvalue weighted by Crippen LogP contribution is 2.18. The van der Waals surface area contributed by atoms with Crippen LogP contribution in [0, 0.1) is 11.7 Å². The van der Waals surface area contributed by atoms with Crippen molar-refractivity contribution in [3.8, 4) is 0 Å². The lowest BCUT2D eigenvalue weighted by Gasteiger charge is -2.33. The number of carbonyl (C=O) groups excluding carboxylic acids is 1. The van der Waals surface area contributed by atoms with Crippen LogP contribution in [-0.4, -0.2) is 71.0 Å². The molecular weight excluding hydrogens is 400 g/mol. The summed E-state index contributed by atoms with van der Waals surface area (Å²) in [5, 5.41) is 9.53. The number of benzene rings is 1. The molecule has 1 amide bonds. The third-order valence-electron chi connectivity index (χ3n) is 4.77. The molecule has 2 aromatic rings. The normalized spacial score (nSPS) is 16.2. The van der Waals surface area contributed by atoms with Crippen LogP contribution in [0.5, 0.6) is 0 Å². The Bertz CT molecular complexity index is 989. The number of H-pyrrole nitrogens is 1. The molecule has 0 bridgehead atoms. The maximum atomic E-state index is 12.7. The predicted octanol–water partition coefficient (Wildman–Crippen LogP) is 0.409. The van der Waals surface area contributed by atoms with Crippen molar-refractivity contribution in [1.29, 1.82) is 0 Å². The lowest BCUT2D eigenvalue weighted by molar-refractivity contribution is -0.122. The van der Waals surface area contributed by atoms with Crippen molar-refractivity contribution in [3.05, 3.63) is 40.4 Å². The molecule has 9 nitrogen and oxygen atoms in total. The topological polar surface area (TPSA) is 103 Å². The molecule has 1 aromatic heterocycles. The molecule has 0 radical (unpaired) electrons. The van der Waals surface area contributed by atoms with Gasteiger partial charge in [-0.25, -0.2) is 8.42 Å². The van der Waals surface area contributed by atoms with Gasteiger partial charge in [0.15, 0.2) is 10.6 Å². The smallest absolute Gasteiger partial charge is 0.243 e. The van der Waals surface area contributed by atoms with Gasteiger partial charge in [0.25, 0.3) is 0 Å². The monoisotopic (exact) mass is 424 g/mol. The summed E-state index contributed by atoms with van der Waals surface area (Å²) in [6.45, 7) is 4.14. The van der Waals surface area contributed by atoms with Crippen LogP contribution in [0.25, 0.3) is 0 Å². The number of amides is 1. The zero-order valence-corrected chi connectivity index (χ0v) is 17.5. The van der Waals surface area contributed by atoms with Crippen molar-refractivity contribution < 1.29 is 13.2 Å². The Morgan fingerprint density at radius 3 is 2.43 bits per heavy atom. The molecule has 1 aliphatic heterocycles. The van der Waals surface area contributed by atoms with Gasteiger partial charge >= 0.3 is 0 Å². The molecule has 152 valence electrons. The lowest BCUT2D eigenvalue weighted by atomic mass is 10.2. The van der Waals surface area contributed by atoms with Crippen LogP contribution in [0.3, 0.4) is 0 Å². The van der Waals surface area contributed by atoms with Crippen LogP contribution < -0.4 is 5.32 Å². The molecule has 1 aliphatic rings. The largest absolute Gasteiger partial charge is 0.348 e. The number of hydrogen-bond donors (Lipinski definition) is 2. The summed E-state index contributed by atoms with van der Waals surface area (Å²) < 4.78 is 29.1. The fourth-order valence-corrected chi connectivity index (χ4v) is 4.53. The second kappa shape index (κ2) is 8.52. The van der Waals surface area contributed by atoms with E-state index >= 15 is 0 Å². The van der Waals surface area contributed by atoms with Crippen molar-refractivity contribution >= 4 is 28.1 Å². The summed E-state index contributed by atoms with van der Waals surface area (Å²) >= 11 is 5.04. The van der Waals surface area contributed by atoms with Crippen LogP contribution in [0.2, 0.25) is 0 Å². The minimum absolute atomic E-state index is 0.135. The van der Waals surface area contributed by atoms with E-state index in [1.165, 1.54) is 4.31 Å². The molecule has 1 aromatic carbocycles. The number of sulfonamides is 1. The zero-order valence-electron chi connectivity index (χ0n) is 15.9. The number of rotatable bonds is 6. The summed E-state index contributed by atoms with van der Waals surface area (Å²) in [4.78, 5) is 14.4. The number of carbonyl (C=O) groups is 1. The van der Waals surface area contributed by atoms with E-state index in [4.69, 9.17) is 12.2 Å². The Kier molecular flexibility index (Phi) is 6.28. The lowest BCUT2D eigenvalue weighted by Crippen LogP contribution is -2.51. The van der Waals surface area contributed by atoms with E-state index in [1.807, 2.05) is 11.8 Å². The van der Waals surface area contributed by atoms with E-state index in [0.29, 0.717) is 41.7 Å². The van der Waals surface area contributed by atoms with Gasteiger partial charge in [0.2, 0.25) is 15.9 Å². The number of aromatic nitrogens is 3. The minimum atomic E-state index is -3.50. The molecule has 0 unspecified atom stereocenters. The number of nitrogens with one attached hydrogen (secondary N) is 2. The third kappa shape index (κ3) is 4.66. The fraction of sp³-hybridized carbons (Fsp3) is 0.471. The van der Waals surface area contributed by atoms with Gasteiger partial charge in [0.1, 0.15) is 0 Å². The zero-order chi connectivity index (χ0) is 20.3. The molecule has 2 N–H and O–H groups in total. The number of nitrogens with zero attached hydrogens (tertiary/aromatic N) is 4. The molecule has 1 fully saturated rings. The van der Waals surface area contributed by atoms with Gasteiger partial charge in [-0.2, -0.15) is 9.40 Å². The van der Waals surface area contributed by atoms with Crippen LogP contribution in [-0.2, 0) is 28.4 Å². The van der Waals surface area contributed by atoms with Gasteiger partial charge in [0.05, 0.1) is 18.0 Å². The third-order valence-corrected chi connectivity index (χ3v) is 7.05. The molecule has 0 aliphatic carbocycles. The van der Waals surface area contributed by atoms with Crippen LogP contribution in [0.15, 0.2) is 29.2 Å². The van der Waals surface area contributed by atoms with Crippen molar-refractivity contribution in [2.45, 2.75) is 18.4 Å². The van der Waals surface area contributed by atoms with E-state index in [0.717, 1.165) is 5.56 Å². The second-order valence-electron chi connectivity index (χ2n) is 6.77. The molecule has 3 rings (SSSR count). The van der Waals surface area contributed by atoms with E-state index < -0.39 is 10.0 Å². The van der Waals surface area contributed by atoms with Gasteiger partial charge in [-0.3, -0.25) is 14.8 Å². The predicted molar refractivity (Wildman–Crippen MR) is 107 cm³/mol. The first kappa shape index (κ1) is 20.6. The van der Waals surface area contributed by atoms with Gasteiger partial charge in [-0.15, -0.1) is 0 Å². The summed E-state index contributed by atoms with van der Waals surface area (Å²) in [6.07, 6.45) is 0. The molecule has 1 saturated heterocycles. The van der Waals surface area contributed by atoms with Crippen LogP contribution >= 0.6 is 12.2 Å². The van der Waals surface area contributed by atoms with Gasteiger partial charge in [-0.05, 0) is 31.3 Å². The van der Waals surface area contributed by atoms with Crippen LogP contribution in [0.1, 0.15) is 11.4 Å². The number of hydrogen-bond acceptors (Lipinski definition) is 6. The Labute approximate surface area is 169 Å². The number of piperazine rings is 1. The molecule has 2 heterocycles. The number of aromatic amines is 1. The van der Waals surface area contributed by atoms with Crippen molar-refractivity contribution in [3.63, 3.8) is 0 Å². The van der Waals surface area contributed by atoms with Gasteiger partial charge < -0.3 is 9.88 Å². The molecule has 0 atom stereocenters. The average Bonchev–Trinajstić information content (AvgIpc) is 2.99. The molecule has 0 spiro atoms. The summed E-state index contributed by atoms with van der Waals surface area (Å²) in [5.74, 6) is 0.510. The molecule has 11 heteroatoms. The van der Waals surface area contributed by atoms with Crippen LogP contribution in [0.4, 0.5) is 0 Å². The summed E-state index contributed by atoms with van der Waals surface area (Å²) in [5.41, 5.74) is 1.02. The number of aryl methyl sites for hydroxylation is 1. The quantitative estimate of drug-likeness (QED) is 0.651. The first-order chi connectivity index (χ1) is 13.3. The van der Waals surface area contributed by atoms with E-state index in [2.05, 4.69) is 15.5 Å². The van der Waals surface area contributed by atoms with Gasteiger partial charge in [-0.1, -0.05) is 17.7 Å². The first-order valence-electron chi connectivity index (χ1n) is 8.93. The SMILES string of the molecule is Cc1ccc(S(=O)(=O)N2CCN(CC(=O)NCc3n[nH]c(=S)n3C)CC2)cc1. The highest BCUT2D eigenvalue weighted by atomic mass is 32.2. The van der Waals surface area contributed by atoms with Gasteiger partial charge in [0, 0.05) is 33.2 Å². The molecule has 0 saturated carbocycles.